The normalized spacial score (nSPS) is 10.9. The van der Waals surface area contributed by atoms with Gasteiger partial charge in [0, 0.05) is 35.0 Å². The largest absolute Gasteiger partial charge is 0.339 e. The zero-order valence-corrected chi connectivity index (χ0v) is 17.1. The van der Waals surface area contributed by atoms with Gasteiger partial charge in [-0.15, -0.1) is 11.3 Å². The van der Waals surface area contributed by atoms with Crippen LogP contribution in [0.15, 0.2) is 58.4 Å². The average molecular weight is 422 g/mol. The molecule has 0 bridgehead atoms. The molecule has 0 atom stereocenters. The Morgan fingerprint density at radius 2 is 1.80 bits per heavy atom. The quantitative estimate of drug-likeness (QED) is 0.439. The molecule has 0 aliphatic heterocycles. The number of hydrogen-bond acceptors (Lipinski definition) is 6. The summed E-state index contributed by atoms with van der Waals surface area (Å²) in [5, 5.41) is 9.83. The van der Waals surface area contributed by atoms with Crippen LogP contribution in [0.1, 0.15) is 23.7 Å². The monoisotopic (exact) mass is 422 g/mol. The Labute approximate surface area is 176 Å². The van der Waals surface area contributed by atoms with Gasteiger partial charge >= 0.3 is 0 Å². The van der Waals surface area contributed by atoms with Gasteiger partial charge in [-0.2, -0.15) is 4.98 Å². The van der Waals surface area contributed by atoms with Crippen LogP contribution in [-0.4, -0.2) is 21.0 Å². The van der Waals surface area contributed by atoms with Crippen molar-refractivity contribution in [1.29, 1.82) is 0 Å². The van der Waals surface area contributed by atoms with Crippen LogP contribution in [0, 0.1) is 12.7 Å². The molecule has 1 amide bonds. The molecule has 4 rings (SSSR count). The van der Waals surface area contributed by atoms with E-state index in [0.717, 1.165) is 22.0 Å². The van der Waals surface area contributed by atoms with Crippen LogP contribution in [0.2, 0.25) is 0 Å². The minimum absolute atomic E-state index is 0.0782. The number of carbonyl (C=O) groups excluding carboxylic acids is 1. The molecule has 2 aromatic heterocycles. The number of amides is 1. The molecule has 30 heavy (non-hydrogen) atoms. The second-order valence-corrected chi connectivity index (χ2v) is 7.81. The number of halogens is 1. The number of thiazole rings is 1. The van der Waals surface area contributed by atoms with E-state index in [1.807, 2.05) is 36.6 Å². The lowest BCUT2D eigenvalue weighted by atomic mass is 10.1. The Morgan fingerprint density at radius 3 is 2.50 bits per heavy atom. The average Bonchev–Trinajstić information content (AvgIpc) is 3.38. The fraction of sp³-hybridized carbons (Fsp3) is 0.182. The molecular weight excluding hydrogens is 403 g/mol. The number of benzene rings is 2. The molecule has 2 aromatic carbocycles. The predicted octanol–water partition coefficient (Wildman–Crippen LogP) is 5.27. The van der Waals surface area contributed by atoms with E-state index in [2.05, 4.69) is 20.4 Å². The molecule has 0 aliphatic carbocycles. The molecule has 1 N–H and O–H groups in total. The van der Waals surface area contributed by atoms with Crippen molar-refractivity contribution < 1.29 is 13.7 Å². The highest BCUT2D eigenvalue weighted by atomic mass is 32.1. The van der Waals surface area contributed by atoms with Crippen LogP contribution in [0.5, 0.6) is 0 Å². The molecule has 2 heterocycles. The van der Waals surface area contributed by atoms with Crippen molar-refractivity contribution in [2.45, 2.75) is 26.2 Å². The number of nitrogens with zero attached hydrogens (tertiary/aromatic N) is 3. The molecule has 4 aromatic rings. The van der Waals surface area contributed by atoms with Gasteiger partial charge in [0.2, 0.25) is 17.6 Å². The van der Waals surface area contributed by atoms with E-state index in [-0.39, 0.29) is 11.7 Å². The van der Waals surface area contributed by atoms with Crippen molar-refractivity contribution in [1.82, 2.24) is 15.1 Å². The van der Waals surface area contributed by atoms with Crippen molar-refractivity contribution in [3.63, 3.8) is 0 Å². The van der Waals surface area contributed by atoms with Gasteiger partial charge in [0.15, 0.2) is 0 Å². The third kappa shape index (κ3) is 4.96. The Kier molecular flexibility index (Phi) is 5.94. The highest BCUT2D eigenvalue weighted by molar-refractivity contribution is 7.09. The Morgan fingerprint density at radius 1 is 1.07 bits per heavy atom. The van der Waals surface area contributed by atoms with Crippen molar-refractivity contribution in [2.75, 3.05) is 5.32 Å². The van der Waals surface area contributed by atoms with Gasteiger partial charge in [-0.05, 0) is 49.7 Å². The van der Waals surface area contributed by atoms with Crippen LogP contribution < -0.4 is 5.32 Å². The minimum atomic E-state index is -0.318. The number of nitrogens with one attached hydrogen (secondary N) is 1. The molecule has 0 radical (unpaired) electrons. The highest BCUT2D eigenvalue weighted by Gasteiger charge is 2.10. The van der Waals surface area contributed by atoms with Gasteiger partial charge in [-0.3, -0.25) is 4.79 Å². The summed E-state index contributed by atoms with van der Waals surface area (Å²) < 4.78 is 18.2. The molecule has 8 heteroatoms. The van der Waals surface area contributed by atoms with Crippen molar-refractivity contribution in [2.24, 2.45) is 0 Å². The summed E-state index contributed by atoms with van der Waals surface area (Å²) >= 11 is 1.61. The minimum Gasteiger partial charge on any atom is -0.339 e. The number of aryl methyl sites for hydroxylation is 2. The Hall–Kier alpha value is -3.39. The second-order valence-electron chi connectivity index (χ2n) is 6.75. The number of aromatic nitrogens is 3. The summed E-state index contributed by atoms with van der Waals surface area (Å²) in [6.45, 7) is 1.97. The van der Waals surface area contributed by atoms with E-state index in [9.17, 15) is 9.18 Å². The fourth-order valence-corrected chi connectivity index (χ4v) is 3.54. The Balaban J connectivity index is 1.26. The summed E-state index contributed by atoms with van der Waals surface area (Å²) in [6, 6.07) is 13.5. The van der Waals surface area contributed by atoms with Crippen LogP contribution in [0.25, 0.3) is 22.6 Å². The second kappa shape index (κ2) is 8.96. The molecule has 0 saturated heterocycles. The number of carbonyl (C=O) groups is 1. The molecule has 0 spiro atoms. The van der Waals surface area contributed by atoms with Crippen molar-refractivity contribution >= 4 is 22.9 Å². The lowest BCUT2D eigenvalue weighted by Crippen LogP contribution is -2.11. The number of anilines is 1. The maximum absolute atomic E-state index is 13.0. The zero-order valence-electron chi connectivity index (χ0n) is 16.3. The summed E-state index contributed by atoms with van der Waals surface area (Å²) in [4.78, 5) is 21.0. The summed E-state index contributed by atoms with van der Waals surface area (Å²) in [5.41, 5.74) is 3.38. The maximum Gasteiger partial charge on any atom is 0.226 e. The maximum atomic E-state index is 13.0. The van der Waals surface area contributed by atoms with Gasteiger partial charge < -0.3 is 9.84 Å². The first-order valence-electron chi connectivity index (χ1n) is 9.48. The topological polar surface area (TPSA) is 80.9 Å². The van der Waals surface area contributed by atoms with E-state index in [1.54, 1.807) is 23.5 Å². The smallest absolute Gasteiger partial charge is 0.226 e. The lowest BCUT2D eigenvalue weighted by Gasteiger charge is -2.05. The SMILES string of the molecule is Cc1nc(-c2ccc(NC(=O)CCCc3nc(-c4ccc(F)cc4)no3)cc2)cs1. The van der Waals surface area contributed by atoms with Crippen LogP contribution in [0.4, 0.5) is 10.1 Å². The Bertz CT molecular complexity index is 1140. The molecule has 6 nitrogen and oxygen atoms in total. The lowest BCUT2D eigenvalue weighted by molar-refractivity contribution is -0.116. The zero-order chi connectivity index (χ0) is 20.9. The first-order valence-corrected chi connectivity index (χ1v) is 10.4. The van der Waals surface area contributed by atoms with Gasteiger partial charge in [0.25, 0.3) is 0 Å². The molecule has 0 unspecified atom stereocenters. The molecule has 0 saturated carbocycles. The van der Waals surface area contributed by atoms with Crippen LogP contribution >= 0.6 is 11.3 Å². The summed E-state index contributed by atoms with van der Waals surface area (Å²) in [6.07, 6.45) is 1.40. The number of hydrogen-bond donors (Lipinski definition) is 1. The van der Waals surface area contributed by atoms with E-state index in [0.29, 0.717) is 36.5 Å². The molecular formula is C22H19FN4O2S. The standard InChI is InChI=1S/C22H19FN4O2S/c1-14-24-19(13-30-14)15-7-11-18(12-8-15)25-20(28)3-2-4-21-26-22(27-29-21)16-5-9-17(23)10-6-16/h5-13H,2-4H2,1H3,(H,25,28). The van der Waals surface area contributed by atoms with Crippen LogP contribution in [-0.2, 0) is 11.2 Å². The summed E-state index contributed by atoms with van der Waals surface area (Å²) in [7, 11) is 0. The third-order valence-electron chi connectivity index (χ3n) is 4.45. The van der Waals surface area contributed by atoms with Crippen LogP contribution in [0.3, 0.4) is 0 Å². The number of rotatable bonds is 7. The van der Waals surface area contributed by atoms with E-state index in [4.69, 9.17) is 4.52 Å². The van der Waals surface area contributed by atoms with E-state index in [1.165, 1.54) is 12.1 Å². The van der Waals surface area contributed by atoms with E-state index >= 15 is 0 Å². The molecule has 0 fully saturated rings. The van der Waals surface area contributed by atoms with Crippen molar-refractivity contribution in [3.8, 4) is 22.6 Å². The first-order chi connectivity index (χ1) is 14.6. The summed E-state index contributed by atoms with van der Waals surface area (Å²) in [5.74, 6) is 0.460. The molecule has 0 aliphatic rings. The van der Waals surface area contributed by atoms with Gasteiger partial charge in [0.1, 0.15) is 5.82 Å². The van der Waals surface area contributed by atoms with Gasteiger partial charge in [-0.25, -0.2) is 9.37 Å². The fourth-order valence-electron chi connectivity index (χ4n) is 2.92. The predicted molar refractivity (Wildman–Crippen MR) is 114 cm³/mol. The van der Waals surface area contributed by atoms with E-state index < -0.39 is 0 Å². The first kappa shape index (κ1) is 19.9. The third-order valence-corrected chi connectivity index (χ3v) is 5.22. The van der Waals surface area contributed by atoms with Gasteiger partial charge in [-0.1, -0.05) is 17.3 Å². The highest BCUT2D eigenvalue weighted by Crippen LogP contribution is 2.23. The molecule has 152 valence electrons. The van der Waals surface area contributed by atoms with Gasteiger partial charge in [0.05, 0.1) is 10.7 Å². The van der Waals surface area contributed by atoms with Crippen molar-refractivity contribution in [3.05, 3.63) is 70.6 Å².